The van der Waals surface area contributed by atoms with E-state index in [2.05, 4.69) is 52.6 Å². The molecule has 2 heterocycles. The van der Waals surface area contributed by atoms with Crippen molar-refractivity contribution in [2.45, 2.75) is 38.4 Å². The van der Waals surface area contributed by atoms with Crippen molar-refractivity contribution in [3.8, 4) is 0 Å². The maximum atomic E-state index is 4.48. The molecule has 0 aromatic heterocycles. The van der Waals surface area contributed by atoms with Crippen LogP contribution < -0.4 is 5.32 Å². The highest BCUT2D eigenvalue weighted by atomic mass is 32.2. The molecule has 0 bridgehead atoms. The SMILES string of the molecule is CN=C(NCCN1CCCC(C)C1)N1CCSC(C)(C)C1. The van der Waals surface area contributed by atoms with Crippen molar-refractivity contribution >= 4 is 17.7 Å². The Hall–Kier alpha value is -0.420. The zero-order valence-corrected chi connectivity index (χ0v) is 15.0. The van der Waals surface area contributed by atoms with E-state index in [0.29, 0.717) is 4.75 Å². The molecular weight excluding hydrogens is 280 g/mol. The number of aliphatic imine (C=N–C) groups is 1. The van der Waals surface area contributed by atoms with Gasteiger partial charge in [0.1, 0.15) is 0 Å². The van der Waals surface area contributed by atoms with Crippen LogP contribution in [-0.2, 0) is 0 Å². The van der Waals surface area contributed by atoms with E-state index in [1.807, 2.05) is 7.05 Å². The van der Waals surface area contributed by atoms with Gasteiger partial charge in [-0.1, -0.05) is 6.92 Å². The third kappa shape index (κ3) is 5.37. The van der Waals surface area contributed by atoms with Gasteiger partial charge < -0.3 is 15.1 Å². The van der Waals surface area contributed by atoms with Gasteiger partial charge in [0.05, 0.1) is 0 Å². The van der Waals surface area contributed by atoms with Crippen molar-refractivity contribution in [1.29, 1.82) is 0 Å². The van der Waals surface area contributed by atoms with Crippen LogP contribution in [0.5, 0.6) is 0 Å². The standard InChI is InChI=1S/C16H32N4S/c1-14-6-5-8-19(12-14)9-7-18-15(17-4)20-10-11-21-16(2,3)13-20/h14H,5-13H2,1-4H3,(H,17,18). The molecule has 0 spiro atoms. The molecule has 2 fully saturated rings. The minimum absolute atomic E-state index is 0.332. The van der Waals surface area contributed by atoms with E-state index >= 15 is 0 Å². The number of hydrogen-bond acceptors (Lipinski definition) is 3. The second-order valence-electron chi connectivity index (χ2n) is 7.05. The summed E-state index contributed by atoms with van der Waals surface area (Å²) >= 11 is 2.07. The van der Waals surface area contributed by atoms with Crippen LogP contribution >= 0.6 is 11.8 Å². The monoisotopic (exact) mass is 312 g/mol. The molecule has 2 saturated heterocycles. The summed E-state index contributed by atoms with van der Waals surface area (Å²) in [6.07, 6.45) is 2.75. The topological polar surface area (TPSA) is 30.9 Å². The third-order valence-electron chi connectivity index (χ3n) is 4.39. The van der Waals surface area contributed by atoms with E-state index in [1.54, 1.807) is 0 Å². The summed E-state index contributed by atoms with van der Waals surface area (Å²) < 4.78 is 0.332. The van der Waals surface area contributed by atoms with Crippen LogP contribution in [0.3, 0.4) is 0 Å². The smallest absolute Gasteiger partial charge is 0.193 e. The molecule has 122 valence electrons. The van der Waals surface area contributed by atoms with E-state index in [-0.39, 0.29) is 0 Å². The maximum absolute atomic E-state index is 4.48. The van der Waals surface area contributed by atoms with Gasteiger partial charge >= 0.3 is 0 Å². The minimum Gasteiger partial charge on any atom is -0.355 e. The van der Waals surface area contributed by atoms with Gasteiger partial charge in [-0.15, -0.1) is 0 Å². The Bertz CT molecular complexity index is 356. The number of guanidine groups is 1. The number of rotatable bonds is 3. The van der Waals surface area contributed by atoms with Crippen molar-refractivity contribution in [2.24, 2.45) is 10.9 Å². The Morgan fingerprint density at radius 2 is 2.19 bits per heavy atom. The fraction of sp³-hybridized carbons (Fsp3) is 0.938. The van der Waals surface area contributed by atoms with E-state index < -0.39 is 0 Å². The lowest BCUT2D eigenvalue weighted by Gasteiger charge is -2.39. The van der Waals surface area contributed by atoms with E-state index in [9.17, 15) is 0 Å². The zero-order chi connectivity index (χ0) is 15.3. The first-order chi connectivity index (χ1) is 10.00. The highest BCUT2D eigenvalue weighted by Gasteiger charge is 2.28. The van der Waals surface area contributed by atoms with Gasteiger partial charge in [-0.05, 0) is 39.2 Å². The first-order valence-corrected chi connectivity index (χ1v) is 9.30. The quantitative estimate of drug-likeness (QED) is 0.639. The lowest BCUT2D eigenvalue weighted by atomic mass is 10.0. The van der Waals surface area contributed by atoms with Gasteiger partial charge in [-0.3, -0.25) is 4.99 Å². The van der Waals surface area contributed by atoms with Crippen LogP contribution in [0.25, 0.3) is 0 Å². The molecule has 0 radical (unpaired) electrons. The number of likely N-dealkylation sites (tertiary alicyclic amines) is 1. The molecule has 2 aliphatic heterocycles. The lowest BCUT2D eigenvalue weighted by molar-refractivity contribution is 0.186. The van der Waals surface area contributed by atoms with E-state index in [1.165, 1.54) is 31.7 Å². The van der Waals surface area contributed by atoms with Crippen LogP contribution in [0.2, 0.25) is 0 Å². The van der Waals surface area contributed by atoms with Crippen LogP contribution in [0.1, 0.15) is 33.6 Å². The molecular formula is C16H32N4S. The molecule has 0 saturated carbocycles. The van der Waals surface area contributed by atoms with Crippen molar-refractivity contribution in [2.75, 3.05) is 52.1 Å². The molecule has 1 unspecified atom stereocenters. The fourth-order valence-corrected chi connectivity index (χ4v) is 4.46. The largest absolute Gasteiger partial charge is 0.355 e. The number of thioether (sulfide) groups is 1. The molecule has 0 aromatic rings. The minimum atomic E-state index is 0.332. The van der Waals surface area contributed by atoms with Crippen LogP contribution in [0, 0.1) is 5.92 Å². The first-order valence-electron chi connectivity index (χ1n) is 8.32. The number of nitrogens with zero attached hydrogens (tertiary/aromatic N) is 3. The fourth-order valence-electron chi connectivity index (χ4n) is 3.35. The molecule has 0 aromatic carbocycles. The molecule has 5 heteroatoms. The molecule has 2 rings (SSSR count). The highest BCUT2D eigenvalue weighted by Crippen LogP contribution is 2.29. The summed E-state index contributed by atoms with van der Waals surface area (Å²) in [5.41, 5.74) is 0. The van der Waals surface area contributed by atoms with Crippen molar-refractivity contribution in [3.63, 3.8) is 0 Å². The molecule has 2 aliphatic rings. The Morgan fingerprint density at radius 3 is 2.86 bits per heavy atom. The van der Waals surface area contributed by atoms with Gasteiger partial charge in [-0.25, -0.2) is 0 Å². The predicted octanol–water partition coefficient (Wildman–Crippen LogP) is 2.12. The summed E-state index contributed by atoms with van der Waals surface area (Å²) in [5, 5.41) is 3.56. The van der Waals surface area contributed by atoms with Gasteiger partial charge in [0.2, 0.25) is 0 Å². The summed E-state index contributed by atoms with van der Waals surface area (Å²) in [5.74, 6) is 3.13. The Labute approximate surface area is 134 Å². The second kappa shape index (κ2) is 7.73. The average Bonchev–Trinajstić information content (AvgIpc) is 2.42. The Morgan fingerprint density at radius 1 is 1.38 bits per heavy atom. The summed E-state index contributed by atoms with van der Waals surface area (Å²) in [6, 6.07) is 0. The maximum Gasteiger partial charge on any atom is 0.193 e. The molecule has 0 aliphatic carbocycles. The van der Waals surface area contributed by atoms with Crippen molar-refractivity contribution in [3.05, 3.63) is 0 Å². The van der Waals surface area contributed by atoms with Crippen molar-refractivity contribution < 1.29 is 0 Å². The Balaban J connectivity index is 1.75. The van der Waals surface area contributed by atoms with Crippen LogP contribution in [0.4, 0.5) is 0 Å². The van der Waals surface area contributed by atoms with Gasteiger partial charge in [-0.2, -0.15) is 11.8 Å². The molecule has 1 N–H and O–H groups in total. The summed E-state index contributed by atoms with van der Waals surface area (Å²) in [6.45, 7) is 13.9. The summed E-state index contributed by atoms with van der Waals surface area (Å²) in [4.78, 5) is 9.48. The van der Waals surface area contributed by atoms with Gasteiger partial charge in [0.15, 0.2) is 5.96 Å². The first kappa shape index (κ1) is 16.9. The predicted molar refractivity (Wildman–Crippen MR) is 94.3 cm³/mol. The van der Waals surface area contributed by atoms with E-state index in [0.717, 1.165) is 38.1 Å². The van der Waals surface area contributed by atoms with Gasteiger partial charge in [0, 0.05) is 50.3 Å². The number of nitrogens with one attached hydrogen (secondary N) is 1. The van der Waals surface area contributed by atoms with Gasteiger partial charge in [0.25, 0.3) is 0 Å². The zero-order valence-electron chi connectivity index (χ0n) is 14.2. The van der Waals surface area contributed by atoms with Crippen LogP contribution in [0.15, 0.2) is 4.99 Å². The number of hydrogen-bond donors (Lipinski definition) is 1. The van der Waals surface area contributed by atoms with E-state index in [4.69, 9.17) is 0 Å². The lowest BCUT2D eigenvalue weighted by Crippen LogP contribution is -2.52. The molecule has 21 heavy (non-hydrogen) atoms. The van der Waals surface area contributed by atoms with Crippen LogP contribution in [-0.4, -0.2) is 72.6 Å². The molecule has 0 amide bonds. The Kier molecular flexibility index (Phi) is 6.23. The second-order valence-corrected chi connectivity index (χ2v) is 8.85. The molecule has 4 nitrogen and oxygen atoms in total. The third-order valence-corrected chi connectivity index (χ3v) is 5.69. The normalized spacial score (nSPS) is 27.7. The number of piperidine rings is 1. The molecule has 1 atom stereocenters. The average molecular weight is 313 g/mol. The van der Waals surface area contributed by atoms with Crippen molar-refractivity contribution in [1.82, 2.24) is 15.1 Å². The highest BCUT2D eigenvalue weighted by molar-refractivity contribution is 8.00. The summed E-state index contributed by atoms with van der Waals surface area (Å²) in [7, 11) is 1.90.